The van der Waals surface area contributed by atoms with Gasteiger partial charge in [-0.3, -0.25) is 0 Å². The molecule has 0 saturated carbocycles. The van der Waals surface area contributed by atoms with Gasteiger partial charge in [-0.25, -0.2) is 0 Å². The first kappa shape index (κ1) is 28.1. The van der Waals surface area contributed by atoms with E-state index in [9.17, 15) is 25.9 Å². The summed E-state index contributed by atoms with van der Waals surface area (Å²) in [4.78, 5) is 1.42. The van der Waals surface area contributed by atoms with E-state index in [1.165, 1.54) is 27.9 Å². The zero-order valence-electron chi connectivity index (χ0n) is 19.1. The summed E-state index contributed by atoms with van der Waals surface area (Å²) in [6.45, 7) is 0. The van der Waals surface area contributed by atoms with E-state index in [1.54, 1.807) is 18.2 Å². The molecule has 0 fully saturated rings. The third-order valence-electron chi connectivity index (χ3n) is 5.37. The molecule has 14 heteroatoms. The molecule has 0 N–H and O–H groups in total. The number of benzene rings is 3. The van der Waals surface area contributed by atoms with Gasteiger partial charge in [0.05, 0.1) is 0 Å². The number of methoxy groups -OCH3 is 1. The zero-order valence-corrected chi connectivity index (χ0v) is 26.4. The summed E-state index contributed by atoms with van der Waals surface area (Å²) in [5, 5.41) is 2.14. The van der Waals surface area contributed by atoms with Gasteiger partial charge < -0.3 is 0 Å². The topological polar surface area (TPSA) is 131 Å². The molecule has 0 aliphatic carbocycles. The summed E-state index contributed by atoms with van der Waals surface area (Å²) in [5.41, 5.74) is 1.15. The minimum absolute atomic E-state index is 0. The van der Waals surface area contributed by atoms with E-state index < -0.39 is 32.0 Å². The Labute approximate surface area is 260 Å². The first-order valence-electron chi connectivity index (χ1n) is 10.1. The summed E-state index contributed by atoms with van der Waals surface area (Å²) in [5.74, 6) is -1.06. The Morgan fingerprint density at radius 2 is 1.81 bits per heavy atom. The molecule has 36 heavy (non-hydrogen) atoms. The van der Waals surface area contributed by atoms with Crippen LogP contribution in [0.5, 0.6) is 5.75 Å². The van der Waals surface area contributed by atoms with Crippen molar-refractivity contribution in [2.24, 2.45) is 0 Å². The SMILES string of the molecule is COc1ccc2c(c1)N(CS(=O)(=O)[O-])C(=Cc1sc3ccc4ccccc4c3[n+]1CS(=O)(=O)[O-])[Se]2.[K+]. The largest absolute Gasteiger partial charge is 1.00 e. The third-order valence-corrected chi connectivity index (χ3v) is 9.95. The molecule has 0 radical (unpaired) electrons. The smallest absolute Gasteiger partial charge is 1.00 e. The Bertz CT molecular complexity index is 1740. The maximum Gasteiger partial charge on any atom is 1.00 e. The summed E-state index contributed by atoms with van der Waals surface area (Å²) in [7, 11) is -7.79. The predicted molar refractivity (Wildman–Crippen MR) is 133 cm³/mol. The molecule has 182 valence electrons. The molecule has 9 nitrogen and oxygen atoms in total. The van der Waals surface area contributed by atoms with E-state index in [2.05, 4.69) is 0 Å². The van der Waals surface area contributed by atoms with Gasteiger partial charge in [-0.15, -0.1) is 0 Å². The second kappa shape index (κ2) is 10.7. The fraction of sp³-hybridized carbons (Fsp3) is 0.136. The molecule has 1 aromatic heterocycles. The molecule has 0 unspecified atom stereocenters. The average Bonchev–Trinajstić information content (AvgIpc) is 3.29. The van der Waals surface area contributed by atoms with Crippen molar-refractivity contribution in [2.75, 3.05) is 17.9 Å². The van der Waals surface area contributed by atoms with Crippen LogP contribution in [-0.2, 0) is 26.1 Å². The van der Waals surface area contributed by atoms with Gasteiger partial charge in [-0.05, 0) is 0 Å². The van der Waals surface area contributed by atoms with Crippen LogP contribution in [0.1, 0.15) is 5.01 Å². The van der Waals surface area contributed by atoms with Crippen LogP contribution in [0.4, 0.5) is 5.69 Å². The first-order valence-corrected chi connectivity index (χ1v) is 15.8. The molecule has 3 aromatic carbocycles. The minimum Gasteiger partial charge on any atom is 1.00 e. The fourth-order valence-electron chi connectivity index (χ4n) is 3.98. The van der Waals surface area contributed by atoms with Gasteiger partial charge in [0.2, 0.25) is 0 Å². The molecule has 1 aliphatic rings. The van der Waals surface area contributed by atoms with Crippen LogP contribution in [0.25, 0.3) is 27.1 Å². The van der Waals surface area contributed by atoms with Gasteiger partial charge in [0.25, 0.3) is 0 Å². The number of thiazole rings is 1. The van der Waals surface area contributed by atoms with Crippen molar-refractivity contribution >= 4 is 83.7 Å². The Morgan fingerprint density at radius 1 is 1.06 bits per heavy atom. The number of anilines is 1. The van der Waals surface area contributed by atoms with Crippen molar-refractivity contribution in [3.63, 3.8) is 0 Å². The van der Waals surface area contributed by atoms with Crippen molar-refractivity contribution in [2.45, 2.75) is 5.88 Å². The van der Waals surface area contributed by atoms with E-state index in [0.29, 0.717) is 26.6 Å². The standard InChI is InChI=1S/C22H18N2O7S3Se.K/c1-31-15-7-9-19-17(10-15)23(12-33(25,26)27)21(35-19)11-20-24(13-34(28,29)30)22-16-5-3-2-4-14(16)6-8-18(22)32-20;/h2-11H,12-13H2,1H3,(H-,25,26,27,28,29,30);/q;+1/p-1. The molecular formula is C22H17KN2O7S3Se. The normalized spacial score (nSPS) is 14.9. The van der Waals surface area contributed by atoms with E-state index in [-0.39, 0.29) is 66.3 Å². The van der Waals surface area contributed by atoms with Crippen molar-refractivity contribution in [3.05, 3.63) is 64.2 Å². The number of hydrogen-bond donors (Lipinski definition) is 0. The summed E-state index contributed by atoms with van der Waals surface area (Å²) in [6.07, 6.45) is 1.67. The van der Waals surface area contributed by atoms with Crippen LogP contribution in [-0.4, -0.2) is 53.9 Å². The summed E-state index contributed by atoms with van der Waals surface area (Å²) >= 11 is 0.911. The number of nitrogens with zero attached hydrogens (tertiary/aromatic N) is 2. The second-order valence-corrected chi connectivity index (χ2v) is 13.8. The van der Waals surface area contributed by atoms with Crippen molar-refractivity contribution in [3.8, 4) is 5.75 Å². The maximum absolute atomic E-state index is 11.8. The molecule has 0 spiro atoms. The molecular weight excluding hydrogens is 619 g/mol. The van der Waals surface area contributed by atoms with E-state index >= 15 is 0 Å². The summed E-state index contributed by atoms with van der Waals surface area (Å²) < 4.78 is 79.5. The second-order valence-electron chi connectivity index (χ2n) is 7.72. The van der Waals surface area contributed by atoms with Gasteiger partial charge in [0.15, 0.2) is 0 Å². The molecule has 2 heterocycles. The quantitative estimate of drug-likeness (QED) is 0.142. The third kappa shape index (κ3) is 5.90. The molecule has 0 atom stereocenters. The van der Waals surface area contributed by atoms with E-state index in [0.717, 1.165) is 19.9 Å². The molecule has 1 aliphatic heterocycles. The summed E-state index contributed by atoms with van der Waals surface area (Å²) in [6, 6.07) is 16.5. The van der Waals surface area contributed by atoms with Crippen LogP contribution in [0.3, 0.4) is 0 Å². The van der Waals surface area contributed by atoms with Gasteiger partial charge >= 0.3 is 264 Å². The Kier molecular flexibility index (Phi) is 8.37. The number of fused-ring (bicyclic) bond motifs is 4. The number of rotatable bonds is 6. The van der Waals surface area contributed by atoms with Crippen molar-refractivity contribution in [1.29, 1.82) is 0 Å². The average molecular weight is 636 g/mol. The maximum atomic E-state index is 11.8. The molecule has 4 aromatic rings. The van der Waals surface area contributed by atoms with Crippen LogP contribution in [0.15, 0.2) is 59.2 Å². The van der Waals surface area contributed by atoms with Crippen LogP contribution >= 0.6 is 11.3 Å². The van der Waals surface area contributed by atoms with Crippen molar-refractivity contribution in [1.82, 2.24) is 0 Å². The minimum atomic E-state index is -4.65. The molecule has 0 bridgehead atoms. The van der Waals surface area contributed by atoms with E-state index in [1.807, 2.05) is 42.5 Å². The predicted octanol–water partition coefficient (Wildman–Crippen LogP) is -1.49. The monoisotopic (exact) mass is 636 g/mol. The number of hydrogen-bond acceptors (Lipinski definition) is 9. The van der Waals surface area contributed by atoms with Crippen LogP contribution in [0.2, 0.25) is 0 Å². The Hall–Kier alpha value is -0.874. The van der Waals surface area contributed by atoms with Gasteiger partial charge in [-0.2, -0.15) is 0 Å². The fourth-order valence-corrected chi connectivity index (χ4v) is 8.97. The van der Waals surface area contributed by atoms with Crippen LogP contribution in [0, 0.1) is 0 Å². The van der Waals surface area contributed by atoms with Gasteiger partial charge in [0.1, 0.15) is 0 Å². The molecule has 0 saturated heterocycles. The zero-order chi connectivity index (χ0) is 25.0. The van der Waals surface area contributed by atoms with Gasteiger partial charge in [0, 0.05) is 0 Å². The van der Waals surface area contributed by atoms with Gasteiger partial charge in [-0.1, -0.05) is 0 Å². The molecule has 0 amide bonds. The Balaban J connectivity index is 0.00000304. The molecule has 5 rings (SSSR count). The van der Waals surface area contributed by atoms with Crippen molar-refractivity contribution < 1.29 is 86.6 Å². The Morgan fingerprint density at radius 3 is 2.50 bits per heavy atom. The number of aromatic nitrogens is 1. The number of ether oxygens (including phenoxy) is 1. The van der Waals surface area contributed by atoms with Crippen LogP contribution < -0.4 is 70.1 Å². The van der Waals surface area contributed by atoms with E-state index in [4.69, 9.17) is 4.74 Å². The first-order chi connectivity index (χ1) is 16.5.